The van der Waals surface area contributed by atoms with Crippen molar-refractivity contribution in [3.63, 3.8) is 0 Å². The fourth-order valence-corrected chi connectivity index (χ4v) is 3.27. The molecule has 0 spiro atoms. The highest BCUT2D eigenvalue weighted by atomic mass is 16.5. The van der Waals surface area contributed by atoms with E-state index in [-0.39, 0.29) is 24.7 Å². The van der Waals surface area contributed by atoms with Crippen molar-refractivity contribution in [1.29, 1.82) is 0 Å². The van der Waals surface area contributed by atoms with Gasteiger partial charge in [-0.05, 0) is 62.4 Å². The number of benzene rings is 2. The van der Waals surface area contributed by atoms with E-state index in [1.165, 1.54) is 12.8 Å². The lowest BCUT2D eigenvalue weighted by Gasteiger charge is -2.19. The molecule has 0 radical (unpaired) electrons. The maximum Gasteiger partial charge on any atom is 0.258 e. The second-order valence-electron chi connectivity index (χ2n) is 6.83. The number of hydrogen-bond acceptors (Lipinski definition) is 4. The first kappa shape index (κ1) is 19.1. The summed E-state index contributed by atoms with van der Waals surface area (Å²) >= 11 is 0. The standard InChI is InChI=1S/C22H27NO4/c1-16(23-22(24)15-26-18-8-4-3-5-9-18)17-12-13-20(21(14-17)25-2)27-19-10-6-7-11-19/h3-5,8-9,12-14,16,19H,6-7,10-11,15H2,1-2H3,(H,23,24)/t16-/m0/s1. The fraction of sp³-hybridized carbons (Fsp3) is 0.409. The molecule has 0 heterocycles. The minimum Gasteiger partial charge on any atom is -0.493 e. The van der Waals surface area contributed by atoms with Gasteiger partial charge in [0, 0.05) is 0 Å². The predicted octanol–water partition coefficient (Wildman–Crippen LogP) is 4.27. The molecule has 1 aliphatic carbocycles. The van der Waals surface area contributed by atoms with E-state index < -0.39 is 0 Å². The normalized spacial score (nSPS) is 15.2. The zero-order valence-electron chi connectivity index (χ0n) is 15.9. The summed E-state index contributed by atoms with van der Waals surface area (Å²) in [5, 5.41) is 2.95. The second-order valence-corrected chi connectivity index (χ2v) is 6.83. The number of amides is 1. The van der Waals surface area contributed by atoms with E-state index in [1.54, 1.807) is 7.11 Å². The molecule has 1 atom stereocenters. The van der Waals surface area contributed by atoms with E-state index in [1.807, 2.05) is 55.5 Å². The highest BCUT2D eigenvalue weighted by Gasteiger charge is 2.19. The number of ether oxygens (including phenoxy) is 3. The third-order valence-electron chi connectivity index (χ3n) is 4.77. The van der Waals surface area contributed by atoms with Gasteiger partial charge in [-0.15, -0.1) is 0 Å². The lowest BCUT2D eigenvalue weighted by Crippen LogP contribution is -2.31. The number of carbonyl (C=O) groups excluding carboxylic acids is 1. The number of rotatable bonds is 8. The van der Waals surface area contributed by atoms with E-state index >= 15 is 0 Å². The van der Waals surface area contributed by atoms with Gasteiger partial charge in [0.15, 0.2) is 18.1 Å². The van der Waals surface area contributed by atoms with Gasteiger partial charge in [-0.2, -0.15) is 0 Å². The van der Waals surface area contributed by atoms with Crippen molar-refractivity contribution in [1.82, 2.24) is 5.32 Å². The van der Waals surface area contributed by atoms with Crippen molar-refractivity contribution >= 4 is 5.91 Å². The second kappa shape index (κ2) is 9.31. The van der Waals surface area contributed by atoms with Crippen LogP contribution in [0.1, 0.15) is 44.2 Å². The molecule has 27 heavy (non-hydrogen) atoms. The van der Waals surface area contributed by atoms with Gasteiger partial charge in [0.1, 0.15) is 5.75 Å². The third-order valence-corrected chi connectivity index (χ3v) is 4.77. The highest BCUT2D eigenvalue weighted by molar-refractivity contribution is 5.78. The van der Waals surface area contributed by atoms with Crippen molar-refractivity contribution in [3.8, 4) is 17.2 Å². The summed E-state index contributed by atoms with van der Waals surface area (Å²) in [6, 6.07) is 15.0. The minimum absolute atomic E-state index is 0.0195. The largest absolute Gasteiger partial charge is 0.493 e. The summed E-state index contributed by atoms with van der Waals surface area (Å²) in [5.41, 5.74) is 0.957. The van der Waals surface area contributed by atoms with Crippen LogP contribution in [0, 0.1) is 0 Å². The lowest BCUT2D eigenvalue weighted by molar-refractivity contribution is -0.123. The Morgan fingerprint density at radius 3 is 2.56 bits per heavy atom. The zero-order valence-corrected chi connectivity index (χ0v) is 15.9. The zero-order chi connectivity index (χ0) is 19.1. The summed E-state index contributed by atoms with van der Waals surface area (Å²) in [6.45, 7) is 1.92. The van der Waals surface area contributed by atoms with Crippen LogP contribution < -0.4 is 19.5 Å². The van der Waals surface area contributed by atoms with Gasteiger partial charge in [0.25, 0.3) is 5.91 Å². The number of methoxy groups -OCH3 is 1. The van der Waals surface area contributed by atoms with Crippen LogP contribution in [0.15, 0.2) is 48.5 Å². The molecule has 1 amide bonds. The number of carbonyl (C=O) groups is 1. The Morgan fingerprint density at radius 1 is 1.11 bits per heavy atom. The monoisotopic (exact) mass is 369 g/mol. The molecule has 2 aromatic rings. The fourth-order valence-electron chi connectivity index (χ4n) is 3.27. The molecule has 2 aromatic carbocycles. The van der Waals surface area contributed by atoms with Crippen LogP contribution in [-0.4, -0.2) is 25.7 Å². The summed E-state index contributed by atoms with van der Waals surface area (Å²) in [7, 11) is 1.64. The Morgan fingerprint density at radius 2 is 1.85 bits per heavy atom. The molecule has 1 fully saturated rings. The average Bonchev–Trinajstić information content (AvgIpc) is 3.20. The molecule has 0 saturated heterocycles. The maximum absolute atomic E-state index is 12.2. The first-order valence-corrected chi connectivity index (χ1v) is 9.47. The molecule has 144 valence electrons. The number of hydrogen-bond donors (Lipinski definition) is 1. The Labute approximate surface area is 160 Å². The van der Waals surface area contributed by atoms with Crippen LogP contribution in [0.5, 0.6) is 17.2 Å². The van der Waals surface area contributed by atoms with Gasteiger partial charge in [-0.1, -0.05) is 24.3 Å². The SMILES string of the molecule is COc1cc([C@H](C)NC(=O)COc2ccccc2)ccc1OC1CCCC1. The van der Waals surface area contributed by atoms with Crippen LogP contribution in [0.3, 0.4) is 0 Å². The molecule has 5 nitrogen and oxygen atoms in total. The molecular weight excluding hydrogens is 342 g/mol. The van der Waals surface area contributed by atoms with Gasteiger partial charge < -0.3 is 19.5 Å². The topological polar surface area (TPSA) is 56.8 Å². The summed E-state index contributed by atoms with van der Waals surface area (Å²) in [6.07, 6.45) is 4.91. The number of nitrogens with one attached hydrogen (secondary N) is 1. The van der Waals surface area contributed by atoms with Crippen molar-refractivity contribution in [3.05, 3.63) is 54.1 Å². The van der Waals surface area contributed by atoms with Crippen LogP contribution in [-0.2, 0) is 4.79 Å². The van der Waals surface area contributed by atoms with Crippen molar-refractivity contribution in [2.24, 2.45) is 0 Å². The summed E-state index contributed by atoms with van der Waals surface area (Å²) < 4.78 is 17.0. The molecule has 0 aliphatic heterocycles. The van der Waals surface area contributed by atoms with Crippen LogP contribution in [0.4, 0.5) is 0 Å². The Bertz CT molecular complexity index is 741. The molecule has 5 heteroatoms. The van der Waals surface area contributed by atoms with E-state index in [9.17, 15) is 4.79 Å². The van der Waals surface area contributed by atoms with E-state index in [4.69, 9.17) is 14.2 Å². The van der Waals surface area contributed by atoms with Gasteiger partial charge >= 0.3 is 0 Å². The van der Waals surface area contributed by atoms with Crippen LogP contribution in [0.2, 0.25) is 0 Å². The smallest absolute Gasteiger partial charge is 0.258 e. The van der Waals surface area contributed by atoms with Gasteiger partial charge in [-0.3, -0.25) is 4.79 Å². The first-order valence-electron chi connectivity index (χ1n) is 9.47. The molecule has 1 N–H and O–H groups in total. The predicted molar refractivity (Wildman–Crippen MR) is 104 cm³/mol. The molecule has 0 aromatic heterocycles. The molecule has 0 unspecified atom stereocenters. The van der Waals surface area contributed by atoms with Crippen molar-refractivity contribution in [2.45, 2.75) is 44.8 Å². The lowest BCUT2D eigenvalue weighted by atomic mass is 10.1. The average molecular weight is 369 g/mol. The Kier molecular flexibility index (Phi) is 6.58. The van der Waals surface area contributed by atoms with Gasteiger partial charge in [0.2, 0.25) is 0 Å². The molecular formula is C22H27NO4. The molecule has 3 rings (SSSR count). The Balaban J connectivity index is 1.56. The molecule has 0 bridgehead atoms. The number of para-hydroxylation sites is 1. The third kappa shape index (κ3) is 5.39. The summed E-state index contributed by atoms with van der Waals surface area (Å²) in [5.74, 6) is 1.96. The minimum atomic E-state index is -0.170. The van der Waals surface area contributed by atoms with Gasteiger partial charge in [0.05, 0.1) is 19.3 Å². The van der Waals surface area contributed by atoms with E-state index in [0.717, 1.165) is 24.2 Å². The van der Waals surface area contributed by atoms with Gasteiger partial charge in [-0.25, -0.2) is 0 Å². The quantitative estimate of drug-likeness (QED) is 0.755. The highest BCUT2D eigenvalue weighted by Crippen LogP contribution is 2.33. The van der Waals surface area contributed by atoms with Crippen molar-refractivity contribution < 1.29 is 19.0 Å². The Hall–Kier alpha value is -2.69. The van der Waals surface area contributed by atoms with Crippen LogP contribution in [0.25, 0.3) is 0 Å². The summed E-state index contributed by atoms with van der Waals surface area (Å²) in [4.78, 5) is 12.2. The van der Waals surface area contributed by atoms with Crippen LogP contribution >= 0.6 is 0 Å². The van der Waals surface area contributed by atoms with Crippen molar-refractivity contribution in [2.75, 3.05) is 13.7 Å². The first-order chi connectivity index (χ1) is 13.2. The maximum atomic E-state index is 12.2. The van der Waals surface area contributed by atoms with E-state index in [0.29, 0.717) is 11.5 Å². The molecule has 1 aliphatic rings. The van der Waals surface area contributed by atoms with E-state index in [2.05, 4.69) is 5.32 Å². The molecule has 1 saturated carbocycles.